The van der Waals surface area contributed by atoms with Crippen molar-refractivity contribution in [3.63, 3.8) is 0 Å². The molecule has 4 rings (SSSR count). The number of amides is 1. The average Bonchev–Trinajstić information content (AvgIpc) is 3.34. The van der Waals surface area contributed by atoms with E-state index in [1.807, 2.05) is 53.4 Å². The van der Waals surface area contributed by atoms with E-state index in [0.29, 0.717) is 11.6 Å². The maximum atomic E-state index is 12.8. The Morgan fingerprint density at radius 1 is 1.12 bits per heavy atom. The Morgan fingerprint density at radius 3 is 2.79 bits per heavy atom. The summed E-state index contributed by atoms with van der Waals surface area (Å²) in [5, 5.41) is 7.06. The van der Waals surface area contributed by atoms with Crippen molar-refractivity contribution in [2.24, 2.45) is 0 Å². The van der Waals surface area contributed by atoms with Crippen LogP contribution in [0.3, 0.4) is 0 Å². The van der Waals surface area contributed by atoms with Gasteiger partial charge in [0.25, 0.3) is 5.91 Å². The quantitative estimate of drug-likeness (QED) is 0.776. The molecular weight excluding hydrogens is 300 g/mol. The standard InChI is InChI=1S/C19H20N4O/c24-19(18-9-8-16(21-18)14-5-2-1-3-6-14)23-12-4-7-15(13-23)17-10-11-20-22-17/h1-3,5-6,8-11,15,21H,4,7,12-13H2,(H,20,22). The first-order valence-electron chi connectivity index (χ1n) is 8.34. The number of benzene rings is 1. The van der Waals surface area contributed by atoms with E-state index < -0.39 is 0 Å². The summed E-state index contributed by atoms with van der Waals surface area (Å²) in [7, 11) is 0. The van der Waals surface area contributed by atoms with Crippen molar-refractivity contribution < 1.29 is 4.79 Å². The zero-order valence-electron chi connectivity index (χ0n) is 13.4. The molecule has 2 aromatic heterocycles. The number of H-pyrrole nitrogens is 2. The number of aromatic nitrogens is 3. The van der Waals surface area contributed by atoms with Crippen LogP contribution >= 0.6 is 0 Å². The molecular formula is C19H20N4O. The van der Waals surface area contributed by atoms with Crippen LogP contribution in [0.1, 0.15) is 34.9 Å². The maximum absolute atomic E-state index is 12.8. The van der Waals surface area contributed by atoms with Crippen molar-refractivity contribution >= 4 is 5.91 Å². The largest absolute Gasteiger partial charge is 0.351 e. The van der Waals surface area contributed by atoms with Crippen molar-refractivity contribution in [1.29, 1.82) is 0 Å². The fourth-order valence-corrected chi connectivity index (χ4v) is 3.39. The molecule has 1 saturated heterocycles. The summed E-state index contributed by atoms with van der Waals surface area (Å²) in [6, 6.07) is 15.9. The number of aromatic amines is 2. The fourth-order valence-electron chi connectivity index (χ4n) is 3.39. The highest BCUT2D eigenvalue weighted by atomic mass is 16.2. The molecule has 24 heavy (non-hydrogen) atoms. The van der Waals surface area contributed by atoms with Crippen LogP contribution in [0.4, 0.5) is 0 Å². The Bertz CT molecular complexity index is 807. The molecule has 0 spiro atoms. The maximum Gasteiger partial charge on any atom is 0.270 e. The van der Waals surface area contributed by atoms with E-state index in [4.69, 9.17) is 0 Å². The topological polar surface area (TPSA) is 64.8 Å². The molecule has 1 atom stereocenters. The van der Waals surface area contributed by atoms with Gasteiger partial charge in [-0.3, -0.25) is 9.89 Å². The monoisotopic (exact) mass is 320 g/mol. The summed E-state index contributed by atoms with van der Waals surface area (Å²) in [6.45, 7) is 1.55. The van der Waals surface area contributed by atoms with E-state index in [1.54, 1.807) is 6.20 Å². The molecule has 3 heterocycles. The number of hydrogen-bond donors (Lipinski definition) is 2. The zero-order chi connectivity index (χ0) is 16.4. The van der Waals surface area contributed by atoms with E-state index in [-0.39, 0.29) is 5.91 Å². The van der Waals surface area contributed by atoms with Crippen LogP contribution < -0.4 is 0 Å². The summed E-state index contributed by atoms with van der Waals surface area (Å²) in [4.78, 5) is 18.0. The van der Waals surface area contributed by atoms with E-state index in [2.05, 4.69) is 15.2 Å². The van der Waals surface area contributed by atoms with E-state index in [9.17, 15) is 4.79 Å². The number of carbonyl (C=O) groups excluding carboxylic acids is 1. The molecule has 122 valence electrons. The highest BCUT2D eigenvalue weighted by molar-refractivity contribution is 5.93. The normalized spacial score (nSPS) is 17.8. The molecule has 3 aromatic rings. The lowest BCUT2D eigenvalue weighted by Crippen LogP contribution is -2.39. The van der Waals surface area contributed by atoms with E-state index in [1.165, 1.54) is 0 Å². The lowest BCUT2D eigenvalue weighted by Gasteiger charge is -2.32. The van der Waals surface area contributed by atoms with Crippen LogP contribution in [0.5, 0.6) is 0 Å². The molecule has 0 bridgehead atoms. The molecule has 1 aromatic carbocycles. The number of carbonyl (C=O) groups is 1. The fraction of sp³-hybridized carbons (Fsp3) is 0.263. The minimum atomic E-state index is 0.0707. The molecule has 0 radical (unpaired) electrons. The first-order valence-corrected chi connectivity index (χ1v) is 8.34. The highest BCUT2D eigenvalue weighted by Crippen LogP contribution is 2.26. The second-order valence-corrected chi connectivity index (χ2v) is 6.25. The van der Waals surface area contributed by atoms with Crippen LogP contribution in [0.15, 0.2) is 54.7 Å². The molecule has 1 unspecified atom stereocenters. The van der Waals surface area contributed by atoms with Crippen LogP contribution in [0.25, 0.3) is 11.3 Å². The first-order chi connectivity index (χ1) is 11.8. The molecule has 5 nitrogen and oxygen atoms in total. The molecule has 5 heteroatoms. The summed E-state index contributed by atoms with van der Waals surface area (Å²) >= 11 is 0. The van der Waals surface area contributed by atoms with Crippen LogP contribution in [-0.4, -0.2) is 39.1 Å². The molecule has 1 amide bonds. The van der Waals surface area contributed by atoms with E-state index >= 15 is 0 Å². The molecule has 0 saturated carbocycles. The van der Waals surface area contributed by atoms with Gasteiger partial charge in [-0.25, -0.2) is 0 Å². The number of piperidine rings is 1. The minimum Gasteiger partial charge on any atom is -0.351 e. The predicted molar refractivity (Wildman–Crippen MR) is 92.7 cm³/mol. The van der Waals surface area contributed by atoms with Crippen LogP contribution in [-0.2, 0) is 0 Å². The van der Waals surface area contributed by atoms with Gasteiger partial charge in [-0.05, 0) is 36.6 Å². The van der Waals surface area contributed by atoms with Gasteiger partial charge < -0.3 is 9.88 Å². The van der Waals surface area contributed by atoms with Crippen molar-refractivity contribution in [2.75, 3.05) is 13.1 Å². The zero-order valence-corrected chi connectivity index (χ0v) is 13.4. The third-order valence-electron chi connectivity index (χ3n) is 4.67. The summed E-state index contributed by atoms with van der Waals surface area (Å²) in [5.41, 5.74) is 3.83. The smallest absolute Gasteiger partial charge is 0.270 e. The van der Waals surface area contributed by atoms with Gasteiger partial charge in [0, 0.05) is 36.6 Å². The minimum absolute atomic E-state index is 0.0707. The molecule has 0 aliphatic carbocycles. The summed E-state index contributed by atoms with van der Waals surface area (Å²) in [5.74, 6) is 0.412. The Kier molecular flexibility index (Phi) is 3.91. The SMILES string of the molecule is O=C(c1ccc(-c2ccccc2)[nH]1)N1CCCC(c2ccn[nH]2)C1. The highest BCUT2D eigenvalue weighted by Gasteiger charge is 2.26. The lowest BCUT2D eigenvalue weighted by atomic mass is 9.95. The molecule has 2 N–H and O–H groups in total. The predicted octanol–water partition coefficient (Wildman–Crippen LogP) is 3.42. The Hall–Kier alpha value is -2.82. The van der Waals surface area contributed by atoms with Gasteiger partial charge in [0.2, 0.25) is 0 Å². The summed E-state index contributed by atoms with van der Waals surface area (Å²) < 4.78 is 0. The van der Waals surface area contributed by atoms with Gasteiger partial charge in [0.1, 0.15) is 5.69 Å². The molecule has 1 aliphatic rings. The number of likely N-dealkylation sites (tertiary alicyclic amines) is 1. The lowest BCUT2D eigenvalue weighted by molar-refractivity contribution is 0.0700. The van der Waals surface area contributed by atoms with Crippen LogP contribution in [0.2, 0.25) is 0 Å². The first kappa shape index (κ1) is 14.8. The van der Waals surface area contributed by atoms with Crippen molar-refractivity contribution in [1.82, 2.24) is 20.1 Å². The Morgan fingerprint density at radius 2 is 2.00 bits per heavy atom. The molecule has 1 aliphatic heterocycles. The van der Waals surface area contributed by atoms with Crippen molar-refractivity contribution in [3.8, 4) is 11.3 Å². The van der Waals surface area contributed by atoms with Gasteiger partial charge in [-0.15, -0.1) is 0 Å². The van der Waals surface area contributed by atoms with Crippen LogP contribution in [0, 0.1) is 0 Å². The van der Waals surface area contributed by atoms with Gasteiger partial charge in [0.15, 0.2) is 0 Å². The summed E-state index contributed by atoms with van der Waals surface area (Å²) in [6.07, 6.45) is 3.88. The van der Waals surface area contributed by atoms with Gasteiger partial charge in [-0.1, -0.05) is 30.3 Å². The van der Waals surface area contributed by atoms with Gasteiger partial charge >= 0.3 is 0 Å². The number of nitrogens with one attached hydrogen (secondary N) is 2. The number of rotatable bonds is 3. The van der Waals surface area contributed by atoms with Crippen molar-refractivity contribution in [3.05, 3.63) is 66.1 Å². The third-order valence-corrected chi connectivity index (χ3v) is 4.67. The van der Waals surface area contributed by atoms with Gasteiger partial charge in [0.05, 0.1) is 0 Å². The number of nitrogens with zero attached hydrogens (tertiary/aromatic N) is 2. The van der Waals surface area contributed by atoms with E-state index in [0.717, 1.165) is 42.9 Å². The second kappa shape index (κ2) is 6.35. The third kappa shape index (κ3) is 2.85. The molecule has 1 fully saturated rings. The van der Waals surface area contributed by atoms with Gasteiger partial charge in [-0.2, -0.15) is 5.10 Å². The average molecular weight is 320 g/mol. The van der Waals surface area contributed by atoms with Crippen molar-refractivity contribution in [2.45, 2.75) is 18.8 Å². The number of hydrogen-bond acceptors (Lipinski definition) is 2. The second-order valence-electron chi connectivity index (χ2n) is 6.25. The Labute approximate surface area is 140 Å². The Balaban J connectivity index is 1.50.